The zero-order valence-electron chi connectivity index (χ0n) is 8.97. The Morgan fingerprint density at radius 2 is 2.31 bits per heavy atom. The van der Waals surface area contributed by atoms with Gasteiger partial charge in [-0.15, -0.1) is 10.2 Å². The van der Waals surface area contributed by atoms with Crippen LogP contribution in [0.5, 0.6) is 5.75 Å². The van der Waals surface area contributed by atoms with Gasteiger partial charge in [-0.05, 0) is 18.1 Å². The number of rotatable bonds is 2. The van der Waals surface area contributed by atoms with E-state index in [-0.39, 0.29) is 0 Å². The molecular weight excluding hydrogens is 204 g/mol. The van der Waals surface area contributed by atoms with Crippen LogP contribution >= 0.6 is 0 Å². The van der Waals surface area contributed by atoms with Gasteiger partial charge in [0.1, 0.15) is 5.75 Å². The highest BCUT2D eigenvalue weighted by Crippen LogP contribution is 2.41. The number of hydrogen-bond acceptors (Lipinski definition) is 4. The summed E-state index contributed by atoms with van der Waals surface area (Å²) in [6.45, 7) is 2.07. The van der Waals surface area contributed by atoms with Crippen molar-refractivity contribution >= 4 is 0 Å². The molecule has 3 rings (SSSR count). The zero-order valence-corrected chi connectivity index (χ0v) is 8.97. The van der Waals surface area contributed by atoms with E-state index in [0.717, 1.165) is 18.6 Å². The lowest BCUT2D eigenvalue weighted by Gasteiger charge is -2.23. The van der Waals surface area contributed by atoms with Gasteiger partial charge in [0, 0.05) is 6.42 Å². The maximum atomic E-state index is 6.00. The van der Waals surface area contributed by atoms with Gasteiger partial charge >= 0.3 is 0 Å². The fourth-order valence-corrected chi connectivity index (χ4v) is 2.14. The third-order valence-electron chi connectivity index (χ3n) is 3.08. The summed E-state index contributed by atoms with van der Waals surface area (Å²) in [5.74, 6) is 1.56. The lowest BCUT2D eigenvalue weighted by molar-refractivity contribution is 0.0783. The summed E-state index contributed by atoms with van der Waals surface area (Å²) in [5.41, 5.74) is 0.755. The molecule has 1 aromatic heterocycles. The second-order valence-electron chi connectivity index (χ2n) is 3.97. The lowest BCUT2D eigenvalue weighted by atomic mass is 9.94. The van der Waals surface area contributed by atoms with Gasteiger partial charge in [-0.3, -0.25) is 0 Å². The van der Waals surface area contributed by atoms with Gasteiger partial charge in [-0.2, -0.15) is 5.21 Å². The highest BCUT2D eigenvalue weighted by Gasteiger charge is 2.42. The number of tetrazole rings is 1. The van der Waals surface area contributed by atoms with Gasteiger partial charge in [0.25, 0.3) is 0 Å². The standard InChI is InChI=1S/C11H12N4O/c1-2-11(10-12-14-15-13-10)7-8-5-3-4-6-9(8)16-11/h3-6H,2,7H2,1H3,(H,12,13,14,15). The van der Waals surface area contributed by atoms with Crippen LogP contribution in [0.25, 0.3) is 0 Å². The Hall–Kier alpha value is -1.91. The van der Waals surface area contributed by atoms with Crippen LogP contribution in [0, 0.1) is 0 Å². The predicted octanol–water partition coefficient (Wildman–Crippen LogP) is 1.44. The quantitative estimate of drug-likeness (QED) is 0.825. The van der Waals surface area contributed by atoms with Gasteiger partial charge in [0.05, 0.1) is 0 Å². The van der Waals surface area contributed by atoms with Gasteiger partial charge in [-0.1, -0.05) is 30.3 Å². The first kappa shape index (κ1) is 9.33. The number of ether oxygens (including phenoxy) is 1. The summed E-state index contributed by atoms with van der Waals surface area (Å²) in [6.07, 6.45) is 1.63. The minimum absolute atomic E-state index is 0.448. The maximum absolute atomic E-state index is 6.00. The molecule has 1 atom stereocenters. The number of aromatic amines is 1. The fraction of sp³-hybridized carbons (Fsp3) is 0.364. The molecule has 1 unspecified atom stereocenters. The van der Waals surface area contributed by atoms with Crippen molar-refractivity contribution in [1.29, 1.82) is 0 Å². The minimum atomic E-state index is -0.448. The molecule has 16 heavy (non-hydrogen) atoms. The van der Waals surface area contributed by atoms with Crippen LogP contribution in [0.3, 0.4) is 0 Å². The SMILES string of the molecule is CCC1(c2nn[nH]n2)Cc2ccccc2O1. The number of hydrogen-bond donors (Lipinski definition) is 1. The van der Waals surface area contributed by atoms with E-state index < -0.39 is 5.60 Å². The summed E-state index contributed by atoms with van der Waals surface area (Å²) >= 11 is 0. The second-order valence-corrected chi connectivity index (χ2v) is 3.97. The van der Waals surface area contributed by atoms with Gasteiger partial charge in [-0.25, -0.2) is 0 Å². The van der Waals surface area contributed by atoms with E-state index >= 15 is 0 Å². The molecule has 0 bridgehead atoms. The van der Waals surface area contributed by atoms with Crippen LogP contribution in [0.4, 0.5) is 0 Å². The number of H-pyrrole nitrogens is 1. The average Bonchev–Trinajstić information content (AvgIpc) is 2.96. The Bertz CT molecular complexity index is 469. The third kappa shape index (κ3) is 1.21. The van der Waals surface area contributed by atoms with Crippen LogP contribution < -0.4 is 4.74 Å². The largest absolute Gasteiger partial charge is 0.478 e. The van der Waals surface area contributed by atoms with Crippen LogP contribution in [-0.4, -0.2) is 20.6 Å². The Morgan fingerprint density at radius 3 is 3.00 bits per heavy atom. The van der Waals surface area contributed by atoms with Crippen LogP contribution in [0.2, 0.25) is 0 Å². The molecular formula is C11H12N4O. The molecule has 2 heterocycles. The van der Waals surface area contributed by atoms with Gasteiger partial charge in [0.15, 0.2) is 5.60 Å². The molecule has 0 saturated heterocycles. The molecule has 1 N–H and O–H groups in total. The van der Waals surface area contributed by atoms with Gasteiger partial charge < -0.3 is 4.74 Å². The van der Waals surface area contributed by atoms with Crippen molar-refractivity contribution < 1.29 is 4.74 Å². The number of benzene rings is 1. The molecule has 1 aromatic carbocycles. The molecule has 0 radical (unpaired) electrons. The Kier molecular flexibility index (Phi) is 1.92. The fourth-order valence-electron chi connectivity index (χ4n) is 2.14. The minimum Gasteiger partial charge on any atom is -0.478 e. The van der Waals surface area contributed by atoms with Crippen molar-refractivity contribution in [2.75, 3.05) is 0 Å². The molecule has 1 aliphatic heterocycles. The van der Waals surface area contributed by atoms with Crippen molar-refractivity contribution in [3.05, 3.63) is 35.7 Å². The Balaban J connectivity index is 2.03. The van der Waals surface area contributed by atoms with Crippen molar-refractivity contribution in [2.45, 2.75) is 25.4 Å². The molecule has 0 spiro atoms. The molecule has 0 amide bonds. The second kappa shape index (κ2) is 3.30. The third-order valence-corrected chi connectivity index (χ3v) is 3.08. The monoisotopic (exact) mass is 216 g/mol. The van der Waals surface area contributed by atoms with E-state index in [2.05, 4.69) is 33.6 Å². The van der Waals surface area contributed by atoms with Crippen LogP contribution in [0.1, 0.15) is 24.7 Å². The van der Waals surface area contributed by atoms with E-state index in [1.54, 1.807) is 0 Å². The smallest absolute Gasteiger partial charge is 0.218 e. The highest BCUT2D eigenvalue weighted by atomic mass is 16.5. The molecule has 5 heteroatoms. The number of aromatic nitrogens is 4. The van der Waals surface area contributed by atoms with Crippen molar-refractivity contribution in [1.82, 2.24) is 20.6 Å². The molecule has 1 aliphatic rings. The Morgan fingerprint density at radius 1 is 1.44 bits per heavy atom. The zero-order chi connectivity index (χ0) is 11.0. The topological polar surface area (TPSA) is 63.7 Å². The van der Waals surface area contributed by atoms with Crippen molar-refractivity contribution in [3.8, 4) is 5.75 Å². The normalized spacial score (nSPS) is 22.8. The van der Waals surface area contributed by atoms with Gasteiger partial charge in [0.2, 0.25) is 5.82 Å². The molecule has 0 fully saturated rings. The van der Waals surface area contributed by atoms with E-state index in [1.807, 2.05) is 18.2 Å². The number of fused-ring (bicyclic) bond motifs is 1. The highest BCUT2D eigenvalue weighted by molar-refractivity contribution is 5.40. The number of para-hydroxylation sites is 1. The first-order valence-corrected chi connectivity index (χ1v) is 5.35. The molecule has 0 aliphatic carbocycles. The number of nitrogens with one attached hydrogen (secondary N) is 1. The van der Waals surface area contributed by atoms with E-state index in [4.69, 9.17) is 4.74 Å². The van der Waals surface area contributed by atoms with Crippen LogP contribution in [0.15, 0.2) is 24.3 Å². The molecule has 2 aromatic rings. The van der Waals surface area contributed by atoms with Crippen molar-refractivity contribution in [2.24, 2.45) is 0 Å². The summed E-state index contributed by atoms with van der Waals surface area (Å²) in [7, 11) is 0. The van der Waals surface area contributed by atoms with Crippen LogP contribution in [-0.2, 0) is 12.0 Å². The van der Waals surface area contributed by atoms with Crippen molar-refractivity contribution in [3.63, 3.8) is 0 Å². The summed E-state index contributed by atoms with van der Waals surface area (Å²) in [5, 5.41) is 14.2. The first-order valence-electron chi connectivity index (χ1n) is 5.35. The van der Waals surface area contributed by atoms with E-state index in [1.165, 1.54) is 5.56 Å². The lowest BCUT2D eigenvalue weighted by Crippen LogP contribution is -2.32. The van der Waals surface area contributed by atoms with E-state index in [9.17, 15) is 0 Å². The summed E-state index contributed by atoms with van der Waals surface area (Å²) in [4.78, 5) is 0. The molecule has 0 saturated carbocycles. The maximum Gasteiger partial charge on any atom is 0.218 e. The summed E-state index contributed by atoms with van der Waals surface area (Å²) in [6, 6.07) is 8.05. The number of nitrogens with zero attached hydrogens (tertiary/aromatic N) is 3. The first-order chi connectivity index (χ1) is 7.84. The summed E-state index contributed by atoms with van der Waals surface area (Å²) < 4.78 is 6.00. The van der Waals surface area contributed by atoms with E-state index in [0.29, 0.717) is 5.82 Å². The molecule has 5 nitrogen and oxygen atoms in total. The average molecular weight is 216 g/mol. The molecule has 82 valence electrons. The predicted molar refractivity (Wildman–Crippen MR) is 56.9 cm³/mol. The Labute approximate surface area is 92.8 Å².